The minimum absolute atomic E-state index is 0.326. The molecule has 0 spiro atoms. The van der Waals surface area contributed by atoms with Gasteiger partial charge in [-0.3, -0.25) is 9.89 Å². The number of carbonyl (C=O) groups is 1. The minimum Gasteiger partial charge on any atom is -0.443 e. The van der Waals surface area contributed by atoms with Crippen LogP contribution in [0, 0.1) is 0 Å². The van der Waals surface area contributed by atoms with Gasteiger partial charge in [0.25, 0.3) is 0 Å². The summed E-state index contributed by atoms with van der Waals surface area (Å²) in [5, 5.41) is 0.700. The van der Waals surface area contributed by atoms with Gasteiger partial charge in [0.2, 0.25) is 0 Å². The number of carbonyl (C=O) groups excluding carboxylic acids is 1. The molecule has 1 rings (SSSR count). The molecule has 0 N–H and O–H groups in total. The molecule has 0 saturated heterocycles. The van der Waals surface area contributed by atoms with Crippen molar-refractivity contribution in [3.8, 4) is 0 Å². The lowest BCUT2D eigenvalue weighted by molar-refractivity contribution is 0.0338. The number of allylic oxidation sites excluding steroid dienone is 1. The lowest BCUT2D eigenvalue weighted by Crippen LogP contribution is -2.35. The molecule has 4 nitrogen and oxygen atoms in total. The van der Waals surface area contributed by atoms with Crippen molar-refractivity contribution in [1.29, 1.82) is 0 Å². The Hall–Kier alpha value is -0.840. The first-order valence-electron chi connectivity index (χ1n) is 4.69. The van der Waals surface area contributed by atoms with E-state index in [2.05, 4.69) is 20.9 Å². The molecule has 0 aliphatic carbocycles. The average Bonchev–Trinajstić information content (AvgIpc) is 2.15. The van der Waals surface area contributed by atoms with Crippen molar-refractivity contribution in [1.82, 2.24) is 4.90 Å². The average molecular weight is 275 g/mol. The van der Waals surface area contributed by atoms with E-state index in [-0.39, 0.29) is 6.09 Å². The van der Waals surface area contributed by atoms with Crippen LogP contribution in [0.25, 0.3) is 0 Å². The summed E-state index contributed by atoms with van der Waals surface area (Å²) in [4.78, 5) is 17.2. The van der Waals surface area contributed by atoms with Gasteiger partial charge < -0.3 is 4.74 Å². The van der Waals surface area contributed by atoms with Crippen molar-refractivity contribution in [2.24, 2.45) is 4.99 Å². The fraction of sp³-hybridized carbons (Fsp3) is 0.600. The zero-order chi connectivity index (χ0) is 11.5. The fourth-order valence-electron chi connectivity index (χ4n) is 0.969. The van der Waals surface area contributed by atoms with Crippen LogP contribution in [0.4, 0.5) is 4.79 Å². The van der Waals surface area contributed by atoms with Crippen molar-refractivity contribution >= 4 is 27.7 Å². The van der Waals surface area contributed by atoms with Gasteiger partial charge in [0.05, 0.1) is 0 Å². The number of ether oxygens (including phenoxy) is 1. The number of hydrogen-bond donors (Lipinski definition) is 0. The Labute approximate surface area is 98.1 Å². The summed E-state index contributed by atoms with van der Waals surface area (Å²) in [5.74, 6) is 0. The lowest BCUT2D eigenvalue weighted by Gasteiger charge is -2.25. The van der Waals surface area contributed by atoms with Crippen LogP contribution in [-0.2, 0) is 4.74 Å². The summed E-state index contributed by atoms with van der Waals surface area (Å²) in [5.41, 5.74) is 0.458. The van der Waals surface area contributed by atoms with E-state index in [0.29, 0.717) is 12.0 Å². The molecule has 0 fully saturated rings. The molecule has 0 aromatic rings. The second-order valence-corrected chi connectivity index (χ2v) is 4.75. The summed E-state index contributed by atoms with van der Waals surface area (Å²) >= 11 is 3.30. The third kappa shape index (κ3) is 4.03. The van der Waals surface area contributed by atoms with Crippen LogP contribution in [-0.4, -0.2) is 34.3 Å². The molecule has 0 atom stereocenters. The van der Waals surface area contributed by atoms with Crippen LogP contribution in [0.1, 0.15) is 20.8 Å². The normalized spacial score (nSPS) is 16.3. The van der Waals surface area contributed by atoms with Crippen molar-refractivity contribution in [3.05, 3.63) is 12.3 Å². The number of aliphatic imine (C=N–C) groups is 1. The van der Waals surface area contributed by atoms with E-state index in [4.69, 9.17) is 4.74 Å². The highest BCUT2D eigenvalue weighted by Gasteiger charge is 2.21. The molecule has 1 amide bonds. The van der Waals surface area contributed by atoms with E-state index in [1.165, 1.54) is 4.90 Å². The predicted molar refractivity (Wildman–Crippen MR) is 63.3 cm³/mol. The van der Waals surface area contributed by atoms with Crippen LogP contribution in [0.2, 0.25) is 0 Å². The maximum Gasteiger partial charge on any atom is 0.415 e. The highest BCUT2D eigenvalue weighted by atomic mass is 79.9. The molecular formula is C10H15BrN2O2. The monoisotopic (exact) mass is 274 g/mol. The summed E-state index contributed by atoms with van der Waals surface area (Å²) < 4.78 is 5.20. The van der Waals surface area contributed by atoms with Crippen molar-refractivity contribution in [3.63, 3.8) is 0 Å². The molecule has 0 radical (unpaired) electrons. The minimum atomic E-state index is -0.468. The van der Waals surface area contributed by atoms with E-state index < -0.39 is 5.60 Å². The van der Waals surface area contributed by atoms with Crippen LogP contribution in [0.15, 0.2) is 17.3 Å². The fourth-order valence-corrected chi connectivity index (χ4v) is 1.33. The van der Waals surface area contributed by atoms with E-state index in [1.807, 2.05) is 20.8 Å². The molecule has 5 heteroatoms. The number of nitrogens with zero attached hydrogens (tertiary/aromatic N) is 2. The van der Waals surface area contributed by atoms with Gasteiger partial charge in [-0.2, -0.15) is 0 Å². The van der Waals surface area contributed by atoms with E-state index in [9.17, 15) is 4.79 Å². The second-order valence-electron chi connectivity index (χ2n) is 4.19. The molecule has 1 aliphatic rings. The Balaban J connectivity index is 2.52. The van der Waals surface area contributed by atoms with E-state index in [1.54, 1.807) is 12.3 Å². The van der Waals surface area contributed by atoms with E-state index >= 15 is 0 Å². The second kappa shape index (κ2) is 4.79. The van der Waals surface area contributed by atoms with Gasteiger partial charge in [-0.05, 0) is 26.8 Å². The van der Waals surface area contributed by atoms with E-state index in [0.717, 1.165) is 5.71 Å². The van der Waals surface area contributed by atoms with Crippen LogP contribution < -0.4 is 0 Å². The Morgan fingerprint density at radius 2 is 2.33 bits per heavy atom. The van der Waals surface area contributed by atoms with Gasteiger partial charge in [0, 0.05) is 17.2 Å². The Bertz CT molecular complexity index is 305. The Morgan fingerprint density at radius 3 is 2.73 bits per heavy atom. The Morgan fingerprint density at radius 1 is 1.67 bits per heavy atom. The first-order valence-corrected chi connectivity index (χ1v) is 5.81. The highest BCUT2D eigenvalue weighted by molar-refractivity contribution is 9.09. The first-order chi connectivity index (χ1) is 6.92. The first kappa shape index (κ1) is 12.2. The topological polar surface area (TPSA) is 41.9 Å². The largest absolute Gasteiger partial charge is 0.443 e. The highest BCUT2D eigenvalue weighted by Crippen LogP contribution is 2.11. The number of hydrogen-bond acceptors (Lipinski definition) is 3. The van der Waals surface area contributed by atoms with Gasteiger partial charge in [-0.25, -0.2) is 4.79 Å². The third-order valence-electron chi connectivity index (χ3n) is 1.64. The molecule has 0 aromatic carbocycles. The van der Waals surface area contributed by atoms with Crippen LogP contribution in [0.3, 0.4) is 0 Å². The van der Waals surface area contributed by atoms with Gasteiger partial charge in [-0.15, -0.1) is 0 Å². The van der Waals surface area contributed by atoms with Gasteiger partial charge in [0.1, 0.15) is 12.3 Å². The number of rotatable bonds is 1. The SMILES string of the molecule is CC(C)(C)OC(=O)N1C=CC(CBr)=NC1. The molecular weight excluding hydrogens is 260 g/mol. The summed E-state index contributed by atoms with van der Waals surface area (Å²) in [6, 6.07) is 0. The lowest BCUT2D eigenvalue weighted by atomic mass is 10.2. The molecule has 84 valence electrons. The standard InChI is InChI=1S/C10H15BrN2O2/c1-10(2,3)15-9(14)13-5-4-8(6-11)12-7-13/h4-5H,6-7H2,1-3H3. The van der Waals surface area contributed by atoms with Crippen molar-refractivity contribution in [2.45, 2.75) is 26.4 Å². The molecule has 0 bridgehead atoms. The number of amides is 1. The zero-order valence-corrected chi connectivity index (χ0v) is 10.7. The van der Waals surface area contributed by atoms with Crippen LogP contribution >= 0.6 is 15.9 Å². The van der Waals surface area contributed by atoms with Gasteiger partial charge in [-0.1, -0.05) is 15.9 Å². The van der Waals surface area contributed by atoms with Crippen LogP contribution in [0.5, 0.6) is 0 Å². The maximum absolute atomic E-state index is 11.6. The third-order valence-corrected chi connectivity index (χ3v) is 2.21. The number of halogens is 1. The zero-order valence-electron chi connectivity index (χ0n) is 9.16. The number of alkyl halides is 1. The Kier molecular flexibility index (Phi) is 3.90. The smallest absolute Gasteiger partial charge is 0.415 e. The van der Waals surface area contributed by atoms with Gasteiger partial charge in [0.15, 0.2) is 0 Å². The van der Waals surface area contributed by atoms with Crippen molar-refractivity contribution < 1.29 is 9.53 Å². The summed E-state index contributed by atoms with van der Waals surface area (Å²) in [6.07, 6.45) is 3.12. The molecule has 1 aliphatic heterocycles. The molecule has 15 heavy (non-hydrogen) atoms. The molecule has 1 heterocycles. The quantitative estimate of drug-likeness (QED) is 0.690. The molecule has 0 aromatic heterocycles. The van der Waals surface area contributed by atoms with Gasteiger partial charge >= 0.3 is 6.09 Å². The molecule has 0 saturated carbocycles. The maximum atomic E-state index is 11.6. The summed E-state index contributed by atoms with van der Waals surface area (Å²) in [7, 11) is 0. The summed E-state index contributed by atoms with van der Waals surface area (Å²) in [6.45, 7) is 5.84. The molecule has 0 unspecified atom stereocenters. The predicted octanol–water partition coefficient (Wildman–Crippen LogP) is 2.54. The van der Waals surface area contributed by atoms with Crippen molar-refractivity contribution in [2.75, 3.05) is 12.0 Å².